The second kappa shape index (κ2) is 9.41. The lowest BCUT2D eigenvalue weighted by atomic mass is 9.78. The molecule has 0 saturated carbocycles. The van der Waals surface area contributed by atoms with Crippen LogP contribution in [0.25, 0.3) is 0 Å². The normalized spacial score (nSPS) is 23.5. The first-order valence-electron chi connectivity index (χ1n) is 5.98. The molecule has 1 saturated heterocycles. The van der Waals surface area contributed by atoms with Crippen LogP contribution in [0.15, 0.2) is 0 Å². The van der Waals surface area contributed by atoms with E-state index in [9.17, 15) is 4.79 Å². The Morgan fingerprint density at radius 2 is 2.12 bits per heavy atom. The van der Waals surface area contributed by atoms with Gasteiger partial charge < -0.3 is 26.2 Å². The van der Waals surface area contributed by atoms with E-state index < -0.39 is 13.1 Å². The van der Waals surface area contributed by atoms with Gasteiger partial charge in [-0.15, -0.1) is 0 Å². The van der Waals surface area contributed by atoms with Crippen LogP contribution in [0.3, 0.4) is 0 Å². The first-order valence-corrected chi connectivity index (χ1v) is 5.98. The highest BCUT2D eigenvalue weighted by Gasteiger charge is 2.30. The monoisotopic (exact) mass is 246 g/mol. The third-order valence-electron chi connectivity index (χ3n) is 2.96. The van der Waals surface area contributed by atoms with Gasteiger partial charge in [-0.05, 0) is 45.2 Å². The minimum absolute atomic E-state index is 0.120. The highest BCUT2D eigenvalue weighted by molar-refractivity contribution is 6.40. The van der Waals surface area contributed by atoms with Crippen molar-refractivity contribution in [2.45, 2.75) is 25.6 Å². The number of hydrogen-bond donors (Lipinski definition) is 5. The Balaban J connectivity index is 0.00000121. The molecule has 0 radical (unpaired) electrons. The van der Waals surface area contributed by atoms with Gasteiger partial charge in [0.15, 0.2) is 0 Å². The maximum absolute atomic E-state index is 10.9. The number of nitrogens with one attached hydrogen (secondary N) is 1. The second-order valence-electron chi connectivity index (χ2n) is 4.11. The van der Waals surface area contributed by atoms with E-state index in [1.165, 1.54) is 7.05 Å². The molecular weight excluding hydrogens is 223 g/mol. The molecule has 6 nitrogen and oxygen atoms in total. The Morgan fingerprint density at radius 3 is 2.65 bits per heavy atom. The summed E-state index contributed by atoms with van der Waals surface area (Å²) >= 11 is 0. The largest absolute Gasteiger partial charge is 0.481 e. The fourth-order valence-electron chi connectivity index (χ4n) is 2.11. The lowest BCUT2D eigenvalue weighted by Gasteiger charge is -2.29. The Labute approximate surface area is 102 Å². The molecule has 0 aromatic carbocycles. The summed E-state index contributed by atoms with van der Waals surface area (Å²) in [6.45, 7) is 1.48. The van der Waals surface area contributed by atoms with Gasteiger partial charge in [-0.1, -0.05) is 6.42 Å². The Hall–Kier alpha value is -0.625. The maximum Gasteiger partial charge on any atom is 0.451 e. The summed E-state index contributed by atoms with van der Waals surface area (Å²) in [5.41, 5.74) is 4.50. The molecule has 0 aromatic rings. The predicted molar refractivity (Wildman–Crippen MR) is 66.4 cm³/mol. The van der Waals surface area contributed by atoms with Gasteiger partial charge in [0, 0.05) is 0 Å². The fraction of sp³-hybridized carbons (Fsp3) is 0.900. The van der Waals surface area contributed by atoms with E-state index >= 15 is 0 Å². The third-order valence-corrected chi connectivity index (χ3v) is 2.96. The summed E-state index contributed by atoms with van der Waals surface area (Å²) in [4.78, 5) is 10.9. The van der Waals surface area contributed by atoms with Crippen molar-refractivity contribution in [1.82, 2.24) is 5.32 Å². The van der Waals surface area contributed by atoms with Crippen LogP contribution in [-0.2, 0) is 4.79 Å². The lowest BCUT2D eigenvalue weighted by Crippen LogP contribution is -2.40. The van der Waals surface area contributed by atoms with Crippen LogP contribution in [0.1, 0.15) is 19.3 Å². The number of hydrogen-bond acceptors (Lipinski definition) is 5. The molecule has 0 spiro atoms. The average Bonchev–Trinajstić information content (AvgIpc) is 2.31. The van der Waals surface area contributed by atoms with Crippen LogP contribution in [0, 0.1) is 11.8 Å². The van der Waals surface area contributed by atoms with E-state index in [1.807, 2.05) is 0 Å². The predicted octanol–water partition coefficient (Wildman–Crippen LogP) is -0.875. The van der Waals surface area contributed by atoms with E-state index in [2.05, 4.69) is 11.1 Å². The van der Waals surface area contributed by atoms with Gasteiger partial charge in [0.1, 0.15) is 0 Å². The zero-order chi connectivity index (χ0) is 13.3. The van der Waals surface area contributed by atoms with Gasteiger partial charge in [0.05, 0.1) is 5.92 Å². The molecule has 0 bridgehead atoms. The van der Waals surface area contributed by atoms with Crippen molar-refractivity contribution in [3.8, 4) is 0 Å². The van der Waals surface area contributed by atoms with Crippen LogP contribution >= 0.6 is 0 Å². The van der Waals surface area contributed by atoms with E-state index in [1.54, 1.807) is 0 Å². The van der Waals surface area contributed by atoms with Crippen LogP contribution in [0.5, 0.6) is 0 Å². The summed E-state index contributed by atoms with van der Waals surface area (Å²) in [5.74, 6) is -0.886. The number of carboxylic acid groups (broad SMARTS) is 1. The van der Waals surface area contributed by atoms with Crippen LogP contribution < -0.4 is 11.1 Å². The molecule has 1 rings (SSSR count). The number of piperidine rings is 1. The van der Waals surface area contributed by atoms with Crippen molar-refractivity contribution in [2.75, 3.05) is 20.1 Å². The van der Waals surface area contributed by atoms with E-state index in [4.69, 9.17) is 15.2 Å². The Kier molecular flexibility index (Phi) is 9.06. The summed E-state index contributed by atoms with van der Waals surface area (Å²) in [5, 5.41) is 29.5. The molecule has 1 fully saturated rings. The van der Waals surface area contributed by atoms with E-state index in [-0.39, 0.29) is 11.8 Å². The zero-order valence-corrected chi connectivity index (χ0v) is 10.3. The van der Waals surface area contributed by atoms with Crippen molar-refractivity contribution < 1.29 is 19.9 Å². The number of rotatable bonds is 5. The number of carbonyl (C=O) groups is 1. The summed E-state index contributed by atoms with van der Waals surface area (Å²) < 4.78 is 0. The molecule has 6 N–H and O–H groups in total. The summed E-state index contributed by atoms with van der Waals surface area (Å²) in [6.07, 6.45) is 2.39. The molecule has 1 heterocycles. The van der Waals surface area contributed by atoms with Gasteiger partial charge in [-0.25, -0.2) is 0 Å². The number of carboxylic acids is 1. The van der Waals surface area contributed by atoms with Crippen molar-refractivity contribution >= 4 is 13.1 Å². The van der Waals surface area contributed by atoms with Gasteiger partial charge in [-0.2, -0.15) is 0 Å². The van der Waals surface area contributed by atoms with E-state index in [0.29, 0.717) is 19.2 Å². The summed E-state index contributed by atoms with van der Waals surface area (Å²) in [6, 6.07) is 0. The highest BCUT2D eigenvalue weighted by atomic mass is 16.4. The molecule has 100 valence electrons. The number of aliphatic carboxylic acids is 1. The van der Waals surface area contributed by atoms with Gasteiger partial charge in [0.25, 0.3) is 0 Å². The van der Waals surface area contributed by atoms with Gasteiger partial charge in [0.2, 0.25) is 0 Å². The first kappa shape index (κ1) is 16.4. The molecule has 1 aliphatic heterocycles. The highest BCUT2D eigenvalue weighted by Crippen LogP contribution is 2.24. The number of nitrogens with two attached hydrogens (primary N) is 1. The second-order valence-corrected chi connectivity index (χ2v) is 4.11. The quantitative estimate of drug-likeness (QED) is 0.402. The first-order chi connectivity index (χ1) is 8.11. The van der Waals surface area contributed by atoms with Crippen molar-refractivity contribution in [3.63, 3.8) is 0 Å². The molecular formula is C10H23BN2O4. The van der Waals surface area contributed by atoms with Gasteiger partial charge in [-0.3, -0.25) is 4.79 Å². The van der Waals surface area contributed by atoms with Crippen LogP contribution in [0.4, 0.5) is 0 Å². The molecule has 17 heavy (non-hydrogen) atoms. The molecule has 0 aromatic heterocycles. The fourth-order valence-corrected chi connectivity index (χ4v) is 2.11. The van der Waals surface area contributed by atoms with Crippen molar-refractivity contribution in [3.05, 3.63) is 0 Å². The van der Waals surface area contributed by atoms with Crippen LogP contribution in [-0.4, -0.2) is 48.4 Å². The van der Waals surface area contributed by atoms with E-state index in [0.717, 1.165) is 19.5 Å². The molecule has 2 unspecified atom stereocenters. The SMILES string of the molecule is CN.O=C(O)C1CCNCC1CCCB(O)O. The molecule has 1 aliphatic rings. The Bertz CT molecular complexity index is 216. The van der Waals surface area contributed by atoms with Gasteiger partial charge >= 0.3 is 13.1 Å². The topological polar surface area (TPSA) is 116 Å². The minimum Gasteiger partial charge on any atom is -0.481 e. The smallest absolute Gasteiger partial charge is 0.451 e. The third kappa shape index (κ3) is 6.63. The molecule has 0 aliphatic carbocycles. The zero-order valence-electron chi connectivity index (χ0n) is 10.3. The average molecular weight is 246 g/mol. The lowest BCUT2D eigenvalue weighted by molar-refractivity contribution is -0.144. The standard InChI is InChI=1S/C9H18BNO4.CH5N/c12-9(13)8-3-5-11-6-7(8)2-1-4-10(14)15;1-2/h7-8,11,14-15H,1-6H2,(H,12,13);2H2,1H3. The maximum atomic E-state index is 10.9. The Morgan fingerprint density at radius 1 is 1.47 bits per heavy atom. The minimum atomic E-state index is -1.27. The molecule has 0 amide bonds. The summed E-state index contributed by atoms with van der Waals surface area (Å²) in [7, 11) is 0.227. The van der Waals surface area contributed by atoms with Crippen LogP contribution in [0.2, 0.25) is 6.32 Å². The van der Waals surface area contributed by atoms with Crippen molar-refractivity contribution in [1.29, 1.82) is 0 Å². The molecule has 2 atom stereocenters. The van der Waals surface area contributed by atoms with Crippen molar-refractivity contribution in [2.24, 2.45) is 17.6 Å². The molecule has 7 heteroatoms.